The molecule has 2 N–H and O–H groups in total. The van der Waals surface area contributed by atoms with Gasteiger partial charge in [0.15, 0.2) is 0 Å². The largest absolute Gasteiger partial charge is 0.367 e. The van der Waals surface area contributed by atoms with Crippen molar-refractivity contribution in [3.8, 4) is 0 Å². The average Bonchev–Trinajstić information content (AvgIpc) is 2.93. The van der Waals surface area contributed by atoms with Gasteiger partial charge in [-0.2, -0.15) is 0 Å². The molecule has 1 aromatic heterocycles. The molecule has 1 saturated carbocycles. The van der Waals surface area contributed by atoms with Crippen molar-refractivity contribution in [3.05, 3.63) is 17.1 Å². The summed E-state index contributed by atoms with van der Waals surface area (Å²) < 4.78 is 0. The lowest BCUT2D eigenvalue weighted by Gasteiger charge is -2.10. The Labute approximate surface area is 89.5 Å². The molecular formula is C11H16N4. The van der Waals surface area contributed by atoms with Gasteiger partial charge in [0.2, 0.25) is 0 Å². The monoisotopic (exact) mass is 204 g/mol. The summed E-state index contributed by atoms with van der Waals surface area (Å²) in [5, 5.41) is 6.83. The van der Waals surface area contributed by atoms with Crippen LogP contribution in [0, 0.1) is 0 Å². The second-order valence-corrected chi connectivity index (χ2v) is 4.29. The van der Waals surface area contributed by atoms with Crippen molar-refractivity contribution in [2.24, 2.45) is 0 Å². The minimum absolute atomic E-state index is 0.661. The Morgan fingerprint density at radius 2 is 2.20 bits per heavy atom. The van der Waals surface area contributed by atoms with E-state index in [9.17, 15) is 0 Å². The lowest BCUT2D eigenvalue weighted by atomic mass is 10.2. The van der Waals surface area contributed by atoms with Gasteiger partial charge >= 0.3 is 0 Å². The van der Waals surface area contributed by atoms with Gasteiger partial charge in [-0.05, 0) is 12.8 Å². The predicted octanol–water partition coefficient (Wildman–Crippen LogP) is 1.22. The van der Waals surface area contributed by atoms with Crippen LogP contribution in [0.2, 0.25) is 0 Å². The van der Waals surface area contributed by atoms with E-state index in [1.165, 1.54) is 24.1 Å². The van der Waals surface area contributed by atoms with Crippen LogP contribution in [0.4, 0.5) is 5.82 Å². The Morgan fingerprint density at radius 1 is 1.33 bits per heavy atom. The number of hydrogen-bond donors (Lipinski definition) is 2. The Morgan fingerprint density at radius 3 is 2.93 bits per heavy atom. The normalized spacial score (nSPS) is 19.0. The summed E-state index contributed by atoms with van der Waals surface area (Å²) in [7, 11) is 0. The smallest absolute Gasteiger partial charge is 0.134 e. The zero-order valence-electron chi connectivity index (χ0n) is 9.01. The first-order chi connectivity index (χ1) is 7.36. The van der Waals surface area contributed by atoms with Crippen molar-refractivity contribution in [1.82, 2.24) is 15.3 Å². The highest BCUT2D eigenvalue weighted by atomic mass is 15.1. The minimum Gasteiger partial charge on any atom is -0.367 e. The van der Waals surface area contributed by atoms with Gasteiger partial charge in [0, 0.05) is 31.1 Å². The van der Waals surface area contributed by atoms with E-state index < -0.39 is 0 Å². The van der Waals surface area contributed by atoms with E-state index >= 15 is 0 Å². The summed E-state index contributed by atoms with van der Waals surface area (Å²) in [5.74, 6) is 2.03. The van der Waals surface area contributed by atoms with Crippen LogP contribution in [0.3, 0.4) is 0 Å². The van der Waals surface area contributed by atoms with Crippen LogP contribution < -0.4 is 10.6 Å². The van der Waals surface area contributed by atoms with Crippen molar-refractivity contribution >= 4 is 5.82 Å². The van der Waals surface area contributed by atoms with Crippen LogP contribution in [-0.4, -0.2) is 16.0 Å². The summed E-state index contributed by atoms with van der Waals surface area (Å²) in [4.78, 5) is 9.13. The first-order valence-electron chi connectivity index (χ1n) is 5.72. The molecule has 3 rings (SSSR count). The van der Waals surface area contributed by atoms with Crippen molar-refractivity contribution in [3.63, 3.8) is 0 Å². The van der Waals surface area contributed by atoms with Crippen LogP contribution in [0.5, 0.6) is 0 Å². The predicted molar refractivity (Wildman–Crippen MR) is 58.6 cm³/mol. The Hall–Kier alpha value is -1.16. The highest BCUT2D eigenvalue weighted by Crippen LogP contribution is 2.28. The zero-order chi connectivity index (χ0) is 10.3. The molecule has 80 valence electrons. The molecule has 0 atom stereocenters. The third kappa shape index (κ3) is 1.69. The standard InChI is InChI=1S/C11H16N4/c1-2-10-14-9-6-12-5-8(9)11(15-10)13-7-3-4-7/h7,12H,2-6H2,1H3,(H,13,14,15). The van der Waals surface area contributed by atoms with Gasteiger partial charge in [-0.25, -0.2) is 9.97 Å². The van der Waals surface area contributed by atoms with E-state index in [0.717, 1.165) is 31.2 Å². The van der Waals surface area contributed by atoms with Crippen LogP contribution in [0.1, 0.15) is 36.8 Å². The quantitative estimate of drug-likeness (QED) is 0.777. The zero-order valence-corrected chi connectivity index (χ0v) is 9.01. The van der Waals surface area contributed by atoms with Gasteiger partial charge in [-0.1, -0.05) is 6.92 Å². The molecule has 1 aromatic rings. The van der Waals surface area contributed by atoms with E-state index in [2.05, 4.69) is 27.5 Å². The molecule has 2 heterocycles. The molecule has 0 aromatic carbocycles. The molecule has 15 heavy (non-hydrogen) atoms. The molecule has 0 radical (unpaired) electrons. The fourth-order valence-electron chi connectivity index (χ4n) is 1.92. The van der Waals surface area contributed by atoms with E-state index in [4.69, 9.17) is 0 Å². The number of aryl methyl sites for hydroxylation is 1. The highest BCUT2D eigenvalue weighted by Gasteiger charge is 2.25. The fraction of sp³-hybridized carbons (Fsp3) is 0.636. The molecule has 0 bridgehead atoms. The second kappa shape index (κ2) is 3.45. The SMILES string of the molecule is CCc1nc2c(c(NC3CC3)n1)CNC2. The van der Waals surface area contributed by atoms with E-state index in [1.807, 2.05) is 0 Å². The van der Waals surface area contributed by atoms with Crippen molar-refractivity contribution in [1.29, 1.82) is 0 Å². The lowest BCUT2D eigenvalue weighted by Crippen LogP contribution is -2.10. The summed E-state index contributed by atoms with van der Waals surface area (Å²) in [6, 6.07) is 0.661. The maximum absolute atomic E-state index is 4.58. The molecule has 0 amide bonds. The topological polar surface area (TPSA) is 49.8 Å². The molecule has 1 fully saturated rings. The van der Waals surface area contributed by atoms with E-state index in [1.54, 1.807) is 0 Å². The Balaban J connectivity index is 1.97. The van der Waals surface area contributed by atoms with Gasteiger partial charge in [0.25, 0.3) is 0 Å². The summed E-state index contributed by atoms with van der Waals surface area (Å²) in [6.45, 7) is 3.91. The molecule has 0 saturated heterocycles. The Bertz CT molecular complexity index is 384. The highest BCUT2D eigenvalue weighted by molar-refractivity contribution is 5.49. The molecule has 4 nitrogen and oxygen atoms in total. The third-order valence-corrected chi connectivity index (χ3v) is 2.97. The maximum Gasteiger partial charge on any atom is 0.134 e. The number of nitrogens with one attached hydrogen (secondary N) is 2. The summed E-state index contributed by atoms with van der Waals surface area (Å²) >= 11 is 0. The first-order valence-corrected chi connectivity index (χ1v) is 5.72. The molecule has 1 aliphatic heterocycles. The summed E-state index contributed by atoms with van der Waals surface area (Å²) in [6.07, 6.45) is 3.48. The Kier molecular flexibility index (Phi) is 2.09. The van der Waals surface area contributed by atoms with Crippen LogP contribution in [0.15, 0.2) is 0 Å². The number of nitrogens with zero attached hydrogens (tertiary/aromatic N) is 2. The number of aromatic nitrogens is 2. The van der Waals surface area contributed by atoms with Gasteiger partial charge in [-0.15, -0.1) is 0 Å². The minimum atomic E-state index is 0.661. The maximum atomic E-state index is 4.58. The van der Waals surface area contributed by atoms with Crippen LogP contribution in [0.25, 0.3) is 0 Å². The second-order valence-electron chi connectivity index (χ2n) is 4.29. The first kappa shape index (κ1) is 9.09. The van der Waals surface area contributed by atoms with Gasteiger partial charge in [0.05, 0.1) is 5.69 Å². The fourth-order valence-corrected chi connectivity index (χ4v) is 1.92. The van der Waals surface area contributed by atoms with Crippen LogP contribution in [-0.2, 0) is 19.5 Å². The number of fused-ring (bicyclic) bond motifs is 1. The number of anilines is 1. The molecular weight excluding hydrogens is 188 g/mol. The van der Waals surface area contributed by atoms with E-state index in [-0.39, 0.29) is 0 Å². The van der Waals surface area contributed by atoms with Crippen LogP contribution >= 0.6 is 0 Å². The number of hydrogen-bond acceptors (Lipinski definition) is 4. The molecule has 0 unspecified atom stereocenters. The lowest BCUT2D eigenvalue weighted by molar-refractivity contribution is 0.755. The van der Waals surface area contributed by atoms with Crippen molar-refractivity contribution in [2.75, 3.05) is 5.32 Å². The van der Waals surface area contributed by atoms with E-state index in [0.29, 0.717) is 6.04 Å². The molecule has 0 spiro atoms. The number of rotatable bonds is 3. The van der Waals surface area contributed by atoms with Gasteiger partial charge < -0.3 is 10.6 Å². The average molecular weight is 204 g/mol. The van der Waals surface area contributed by atoms with Gasteiger partial charge in [-0.3, -0.25) is 0 Å². The molecule has 4 heteroatoms. The van der Waals surface area contributed by atoms with Crippen molar-refractivity contribution < 1.29 is 0 Å². The summed E-state index contributed by atoms with van der Waals surface area (Å²) in [5.41, 5.74) is 2.46. The third-order valence-electron chi connectivity index (χ3n) is 2.97. The van der Waals surface area contributed by atoms with Gasteiger partial charge in [0.1, 0.15) is 11.6 Å². The van der Waals surface area contributed by atoms with Crippen molar-refractivity contribution in [2.45, 2.75) is 45.3 Å². The molecule has 2 aliphatic rings. The molecule has 1 aliphatic carbocycles.